The van der Waals surface area contributed by atoms with Crippen LogP contribution in [0.25, 0.3) is 0 Å². The second-order valence-electron chi connectivity index (χ2n) is 7.48. The zero-order chi connectivity index (χ0) is 23.1. The molecule has 0 bridgehead atoms. The van der Waals surface area contributed by atoms with Crippen molar-refractivity contribution in [1.82, 2.24) is 4.90 Å². The van der Waals surface area contributed by atoms with E-state index in [-0.39, 0.29) is 19.8 Å². The highest BCUT2D eigenvalue weighted by Gasteiger charge is 2.32. The van der Waals surface area contributed by atoms with Gasteiger partial charge in [0, 0.05) is 26.7 Å². The summed E-state index contributed by atoms with van der Waals surface area (Å²) in [5.74, 6) is -0.487. The van der Waals surface area contributed by atoms with Crippen LogP contribution in [0.2, 0.25) is 0 Å². The SMILES string of the molecule is CCN(CCN(C)C(=O)OCc1ccccc1)c1ccc(N2CC(CO)OC2=O)cc1F. The van der Waals surface area contributed by atoms with Crippen molar-refractivity contribution in [3.63, 3.8) is 0 Å². The predicted octanol–water partition coefficient (Wildman–Crippen LogP) is 3.24. The first-order chi connectivity index (χ1) is 15.4. The lowest BCUT2D eigenvalue weighted by Gasteiger charge is -2.27. The fourth-order valence-corrected chi connectivity index (χ4v) is 3.39. The minimum Gasteiger partial charge on any atom is -0.445 e. The second-order valence-corrected chi connectivity index (χ2v) is 7.48. The van der Waals surface area contributed by atoms with E-state index in [4.69, 9.17) is 14.6 Å². The number of carbonyl (C=O) groups is 2. The van der Waals surface area contributed by atoms with E-state index < -0.39 is 24.1 Å². The van der Waals surface area contributed by atoms with E-state index in [2.05, 4.69) is 0 Å². The first kappa shape index (κ1) is 23.3. The number of rotatable bonds is 9. The number of cyclic esters (lactones) is 1. The summed E-state index contributed by atoms with van der Waals surface area (Å²) in [5.41, 5.74) is 1.64. The minimum absolute atomic E-state index is 0.168. The van der Waals surface area contributed by atoms with E-state index in [0.29, 0.717) is 31.0 Å². The molecule has 0 saturated carbocycles. The van der Waals surface area contributed by atoms with E-state index in [1.807, 2.05) is 37.3 Å². The molecule has 32 heavy (non-hydrogen) atoms. The third-order valence-electron chi connectivity index (χ3n) is 5.27. The van der Waals surface area contributed by atoms with Crippen LogP contribution in [0, 0.1) is 5.82 Å². The lowest BCUT2D eigenvalue weighted by Crippen LogP contribution is -2.37. The molecule has 1 N–H and O–H groups in total. The van der Waals surface area contributed by atoms with Crippen LogP contribution < -0.4 is 9.80 Å². The quantitative estimate of drug-likeness (QED) is 0.638. The average Bonchev–Trinajstić information content (AvgIpc) is 3.19. The number of likely N-dealkylation sites (N-methyl/N-ethyl adjacent to an activating group) is 2. The Balaban J connectivity index is 1.56. The molecule has 2 aromatic carbocycles. The molecule has 2 amide bonds. The summed E-state index contributed by atoms with van der Waals surface area (Å²) in [6.07, 6.45) is -1.68. The van der Waals surface area contributed by atoms with Crippen molar-refractivity contribution in [3.05, 3.63) is 59.9 Å². The standard InChI is InChI=1S/C23H28FN3O5/c1-3-26(12-11-25(2)22(29)31-16-17-7-5-4-6-8-17)21-10-9-18(13-20(21)24)27-14-19(15-28)32-23(27)30/h4-10,13,19,28H,3,11-12,14-16H2,1-2H3. The van der Waals surface area contributed by atoms with Gasteiger partial charge in [0.2, 0.25) is 0 Å². The maximum Gasteiger partial charge on any atom is 0.414 e. The first-order valence-corrected chi connectivity index (χ1v) is 10.5. The number of amides is 2. The number of halogens is 1. The summed E-state index contributed by atoms with van der Waals surface area (Å²) < 4.78 is 25.2. The maximum atomic E-state index is 14.9. The van der Waals surface area contributed by atoms with Crippen molar-refractivity contribution in [1.29, 1.82) is 0 Å². The number of aliphatic hydroxyl groups excluding tert-OH is 1. The monoisotopic (exact) mass is 445 g/mol. The number of hydrogen-bond donors (Lipinski definition) is 1. The van der Waals surface area contributed by atoms with E-state index in [0.717, 1.165) is 5.56 Å². The molecule has 9 heteroatoms. The summed E-state index contributed by atoms with van der Waals surface area (Å²) >= 11 is 0. The number of nitrogens with zero attached hydrogens (tertiary/aromatic N) is 3. The van der Waals surface area contributed by atoms with Gasteiger partial charge >= 0.3 is 12.2 Å². The Bertz CT molecular complexity index is 927. The number of carbonyl (C=O) groups excluding carboxylic acids is 2. The van der Waals surface area contributed by atoms with Gasteiger partial charge < -0.3 is 24.4 Å². The molecule has 0 radical (unpaired) electrons. The number of anilines is 2. The van der Waals surface area contributed by atoms with Gasteiger partial charge in [-0.25, -0.2) is 14.0 Å². The van der Waals surface area contributed by atoms with Crippen LogP contribution in [-0.4, -0.2) is 68.1 Å². The Morgan fingerprint density at radius 3 is 2.62 bits per heavy atom. The molecule has 1 atom stereocenters. The van der Waals surface area contributed by atoms with E-state index in [1.54, 1.807) is 24.1 Å². The van der Waals surface area contributed by atoms with Crippen molar-refractivity contribution < 1.29 is 28.6 Å². The Morgan fingerprint density at radius 2 is 2.00 bits per heavy atom. The number of ether oxygens (including phenoxy) is 2. The molecule has 1 fully saturated rings. The van der Waals surface area contributed by atoms with Crippen LogP contribution >= 0.6 is 0 Å². The minimum atomic E-state index is -0.616. The Hall–Kier alpha value is -3.33. The molecule has 0 spiro atoms. The van der Waals surface area contributed by atoms with Gasteiger partial charge in [-0.15, -0.1) is 0 Å². The summed E-state index contributed by atoms with van der Waals surface area (Å²) in [4.78, 5) is 28.7. The highest BCUT2D eigenvalue weighted by atomic mass is 19.1. The molecular formula is C23H28FN3O5. The number of benzene rings is 2. The molecular weight excluding hydrogens is 417 g/mol. The molecule has 1 heterocycles. The van der Waals surface area contributed by atoms with Crippen LogP contribution in [0.1, 0.15) is 12.5 Å². The summed E-state index contributed by atoms with van der Waals surface area (Å²) in [5, 5.41) is 9.16. The van der Waals surface area contributed by atoms with Gasteiger partial charge in [0.05, 0.1) is 24.5 Å². The zero-order valence-corrected chi connectivity index (χ0v) is 18.2. The smallest absolute Gasteiger partial charge is 0.414 e. The van der Waals surface area contributed by atoms with Crippen LogP contribution in [-0.2, 0) is 16.1 Å². The van der Waals surface area contributed by atoms with Gasteiger partial charge in [0.25, 0.3) is 0 Å². The molecule has 1 aliphatic rings. The Kier molecular flexibility index (Phi) is 7.88. The molecule has 2 aromatic rings. The van der Waals surface area contributed by atoms with Crippen molar-refractivity contribution in [2.45, 2.75) is 19.6 Å². The highest BCUT2D eigenvalue weighted by Crippen LogP contribution is 2.28. The van der Waals surface area contributed by atoms with Gasteiger partial charge in [-0.05, 0) is 30.7 Å². The van der Waals surface area contributed by atoms with E-state index in [9.17, 15) is 14.0 Å². The van der Waals surface area contributed by atoms with Gasteiger partial charge in [-0.2, -0.15) is 0 Å². The molecule has 1 saturated heterocycles. The average molecular weight is 445 g/mol. The molecule has 0 aromatic heterocycles. The molecule has 1 unspecified atom stereocenters. The largest absolute Gasteiger partial charge is 0.445 e. The van der Waals surface area contributed by atoms with Gasteiger partial charge in [0.1, 0.15) is 18.5 Å². The van der Waals surface area contributed by atoms with Crippen LogP contribution in [0.3, 0.4) is 0 Å². The third-order valence-corrected chi connectivity index (χ3v) is 5.27. The van der Waals surface area contributed by atoms with Gasteiger partial charge in [0.15, 0.2) is 0 Å². The zero-order valence-electron chi connectivity index (χ0n) is 18.2. The topological polar surface area (TPSA) is 82.6 Å². The maximum absolute atomic E-state index is 14.9. The normalized spacial score (nSPS) is 15.4. The molecule has 0 aliphatic carbocycles. The van der Waals surface area contributed by atoms with Crippen LogP contribution in [0.5, 0.6) is 0 Å². The predicted molar refractivity (Wildman–Crippen MR) is 118 cm³/mol. The number of hydrogen-bond acceptors (Lipinski definition) is 6. The third kappa shape index (κ3) is 5.67. The second kappa shape index (κ2) is 10.8. The Morgan fingerprint density at radius 1 is 1.25 bits per heavy atom. The first-order valence-electron chi connectivity index (χ1n) is 10.5. The number of aliphatic hydroxyl groups is 1. The lowest BCUT2D eigenvalue weighted by atomic mass is 10.2. The van der Waals surface area contributed by atoms with Crippen molar-refractivity contribution in [3.8, 4) is 0 Å². The van der Waals surface area contributed by atoms with Crippen molar-refractivity contribution in [2.75, 3.05) is 49.6 Å². The molecule has 172 valence electrons. The van der Waals surface area contributed by atoms with E-state index in [1.165, 1.54) is 15.9 Å². The van der Waals surface area contributed by atoms with E-state index >= 15 is 0 Å². The van der Waals surface area contributed by atoms with Crippen LogP contribution in [0.4, 0.5) is 25.4 Å². The summed E-state index contributed by atoms with van der Waals surface area (Å²) in [6, 6.07) is 13.9. The highest BCUT2D eigenvalue weighted by molar-refractivity contribution is 5.90. The Labute approximate surface area is 186 Å². The van der Waals surface area contributed by atoms with Crippen molar-refractivity contribution in [2.24, 2.45) is 0 Å². The molecule has 8 nitrogen and oxygen atoms in total. The van der Waals surface area contributed by atoms with Gasteiger partial charge in [-0.3, -0.25) is 4.90 Å². The van der Waals surface area contributed by atoms with Crippen molar-refractivity contribution >= 4 is 23.6 Å². The lowest BCUT2D eigenvalue weighted by molar-refractivity contribution is 0.0963. The van der Waals surface area contributed by atoms with Crippen LogP contribution in [0.15, 0.2) is 48.5 Å². The fraction of sp³-hybridized carbons (Fsp3) is 0.391. The molecule has 3 rings (SSSR count). The summed E-state index contributed by atoms with van der Waals surface area (Å²) in [7, 11) is 1.64. The summed E-state index contributed by atoms with van der Waals surface area (Å²) in [6.45, 7) is 3.25. The van der Waals surface area contributed by atoms with Gasteiger partial charge in [-0.1, -0.05) is 30.3 Å². The fourth-order valence-electron chi connectivity index (χ4n) is 3.39. The molecule has 1 aliphatic heterocycles.